The molecule has 0 bridgehead atoms. The van der Waals surface area contributed by atoms with E-state index in [4.69, 9.17) is 50.8 Å². The maximum absolute atomic E-state index is 12.4. The van der Waals surface area contributed by atoms with Crippen molar-refractivity contribution in [3.63, 3.8) is 0 Å². The van der Waals surface area contributed by atoms with Gasteiger partial charge in [0.1, 0.15) is 23.9 Å². The summed E-state index contributed by atoms with van der Waals surface area (Å²) in [7, 11) is -2.77. The minimum Gasteiger partial charge on any atom is -0.444 e. The summed E-state index contributed by atoms with van der Waals surface area (Å²) in [6.07, 6.45) is -2.32. The molecule has 0 aliphatic carbocycles. The molecule has 2 saturated heterocycles. The van der Waals surface area contributed by atoms with Crippen LogP contribution in [0.25, 0.3) is 11.2 Å². The van der Waals surface area contributed by atoms with Gasteiger partial charge in [0, 0.05) is 6.92 Å². The second-order valence-corrected chi connectivity index (χ2v) is 11.9. The van der Waals surface area contributed by atoms with Gasteiger partial charge in [0.25, 0.3) is 0 Å². The van der Waals surface area contributed by atoms with Gasteiger partial charge in [0.2, 0.25) is 25.4 Å². The normalized spacial score (nSPS) is 24.6. The van der Waals surface area contributed by atoms with Crippen LogP contribution in [0, 0.1) is 10.8 Å². The lowest BCUT2D eigenvalue weighted by Gasteiger charge is -2.26. The fourth-order valence-electron chi connectivity index (χ4n) is 4.23. The molecule has 16 nitrogen and oxygen atoms in total. The number of nitrogens with zero attached hydrogens (tertiary/aromatic N) is 4. The van der Waals surface area contributed by atoms with Crippen LogP contribution in [0.5, 0.6) is 0 Å². The molecule has 4 rings (SSSR count). The molecule has 5 atom stereocenters. The van der Waals surface area contributed by atoms with Crippen molar-refractivity contribution in [2.24, 2.45) is 0 Å². The Morgan fingerprint density at radius 2 is 1.95 bits per heavy atom. The van der Waals surface area contributed by atoms with Crippen LogP contribution in [0.15, 0.2) is 6.33 Å². The Balaban J connectivity index is 1.60. The highest BCUT2D eigenvalue weighted by atomic mass is 35.5. The molecule has 40 heavy (non-hydrogen) atoms. The molecule has 0 spiro atoms. The molecule has 2 aromatic rings. The quantitative estimate of drug-likeness (QED) is 0.134. The highest BCUT2D eigenvalue weighted by molar-refractivity contribution is 7.46. The molecular weight excluding hydrogens is 573 g/mol. The molecule has 1 amide bonds. The Hall–Kier alpha value is -2.56. The number of carbonyl (C=O) groups is 1. The predicted molar refractivity (Wildman–Crippen MR) is 141 cm³/mol. The van der Waals surface area contributed by atoms with Gasteiger partial charge in [-0.2, -0.15) is 9.97 Å². The molecule has 2 fully saturated rings. The van der Waals surface area contributed by atoms with Crippen LogP contribution in [-0.4, -0.2) is 89.3 Å². The summed E-state index contributed by atoms with van der Waals surface area (Å²) >= 11 is 6.18. The third-order valence-corrected chi connectivity index (χ3v) is 6.50. The van der Waals surface area contributed by atoms with E-state index >= 15 is 0 Å². The molecule has 2 aliphatic heterocycles. The van der Waals surface area contributed by atoms with E-state index in [1.807, 2.05) is 0 Å². The Labute approximate surface area is 235 Å². The van der Waals surface area contributed by atoms with Gasteiger partial charge in [-0.1, -0.05) is 0 Å². The van der Waals surface area contributed by atoms with Gasteiger partial charge in [0.15, 0.2) is 34.9 Å². The van der Waals surface area contributed by atoms with Gasteiger partial charge in [-0.25, -0.2) is 9.78 Å². The van der Waals surface area contributed by atoms with E-state index in [1.165, 1.54) is 13.3 Å². The average molecular weight is 604 g/mol. The Bertz CT molecular complexity index is 1300. The van der Waals surface area contributed by atoms with Gasteiger partial charge < -0.3 is 38.2 Å². The van der Waals surface area contributed by atoms with Crippen molar-refractivity contribution in [1.29, 1.82) is 10.8 Å². The standard InChI is InChI=1S/C22H31ClN7O9P/c1-9(24)35-14(25)18(40(32)33)34-7-10-12-13(38-22(5,6)37-12)17(36-10)30-8-26-11-15(27-19(23)29-16(11)30)28-20(31)39-21(2,3)4/h8,10,12-13,17-18,24-25,32-33H,7H2,1-6H3,(H,27,28,29,31). The highest BCUT2D eigenvalue weighted by Crippen LogP contribution is 2.44. The van der Waals surface area contributed by atoms with Gasteiger partial charge in [0.05, 0.1) is 12.9 Å². The molecule has 0 radical (unpaired) electrons. The van der Waals surface area contributed by atoms with E-state index in [2.05, 4.69) is 20.3 Å². The lowest BCUT2D eigenvalue weighted by Crippen LogP contribution is -2.36. The molecule has 220 valence electrons. The van der Waals surface area contributed by atoms with Crippen LogP contribution >= 0.6 is 20.0 Å². The molecule has 2 aromatic heterocycles. The van der Waals surface area contributed by atoms with Crippen molar-refractivity contribution < 1.29 is 43.0 Å². The van der Waals surface area contributed by atoms with E-state index in [0.717, 1.165) is 0 Å². The number of ether oxygens (including phenoxy) is 6. The maximum Gasteiger partial charge on any atom is 0.413 e. The predicted octanol–water partition coefficient (Wildman–Crippen LogP) is 2.87. The number of hydrogen-bond acceptors (Lipinski definition) is 14. The molecule has 5 N–H and O–H groups in total. The minimum absolute atomic E-state index is 0.0310. The van der Waals surface area contributed by atoms with Gasteiger partial charge in [-0.3, -0.25) is 20.7 Å². The number of amides is 1. The summed E-state index contributed by atoms with van der Waals surface area (Å²) in [5.41, 5.74) is -0.300. The van der Waals surface area contributed by atoms with Crippen LogP contribution in [0.2, 0.25) is 5.28 Å². The topological polar surface area (TPSA) is 216 Å². The van der Waals surface area contributed by atoms with Crippen LogP contribution in [-0.2, 0) is 28.4 Å². The van der Waals surface area contributed by atoms with Crippen molar-refractivity contribution in [3.8, 4) is 0 Å². The molecule has 18 heteroatoms. The minimum atomic E-state index is -2.77. The maximum atomic E-state index is 12.4. The summed E-state index contributed by atoms with van der Waals surface area (Å²) < 4.78 is 35.7. The third-order valence-electron chi connectivity index (χ3n) is 5.53. The van der Waals surface area contributed by atoms with Crippen molar-refractivity contribution in [1.82, 2.24) is 19.5 Å². The van der Waals surface area contributed by atoms with E-state index in [9.17, 15) is 14.6 Å². The zero-order chi connectivity index (χ0) is 29.6. The lowest BCUT2D eigenvalue weighted by atomic mass is 10.1. The largest absolute Gasteiger partial charge is 0.444 e. The first-order valence-electron chi connectivity index (χ1n) is 12.1. The fraction of sp³-hybridized carbons (Fsp3) is 0.636. The highest BCUT2D eigenvalue weighted by Gasteiger charge is 2.56. The van der Waals surface area contributed by atoms with E-state index < -0.39 is 62.1 Å². The Kier molecular flexibility index (Phi) is 8.64. The van der Waals surface area contributed by atoms with Gasteiger partial charge >= 0.3 is 6.09 Å². The SMILES string of the molecule is CC(=N)OC(=N)C(OCC1OC(n2cnc3c(NC(=O)OC(C)(C)C)nc(Cl)nc32)C2OC(C)(C)OC12)P(O)O. The van der Waals surface area contributed by atoms with Crippen molar-refractivity contribution in [2.75, 3.05) is 11.9 Å². The monoisotopic (exact) mass is 603 g/mol. The van der Waals surface area contributed by atoms with Crippen molar-refractivity contribution >= 4 is 54.8 Å². The first kappa shape index (κ1) is 30.4. The molecule has 0 saturated carbocycles. The summed E-state index contributed by atoms with van der Waals surface area (Å²) in [4.78, 5) is 44.6. The molecule has 2 aliphatic rings. The zero-order valence-corrected chi connectivity index (χ0v) is 24.2. The second-order valence-electron chi connectivity index (χ2n) is 10.5. The Morgan fingerprint density at radius 3 is 2.58 bits per heavy atom. The summed E-state index contributed by atoms with van der Waals surface area (Å²) in [6, 6.07) is 0. The first-order chi connectivity index (χ1) is 18.5. The number of nitrogens with one attached hydrogen (secondary N) is 3. The van der Waals surface area contributed by atoms with Crippen molar-refractivity contribution in [2.45, 2.75) is 83.3 Å². The number of halogens is 1. The van der Waals surface area contributed by atoms with Gasteiger partial charge in [-0.15, -0.1) is 0 Å². The number of hydrogen-bond donors (Lipinski definition) is 5. The van der Waals surface area contributed by atoms with E-state index in [1.54, 1.807) is 39.2 Å². The average Bonchev–Trinajstić information content (AvgIpc) is 3.42. The Morgan fingerprint density at radius 1 is 1.27 bits per heavy atom. The van der Waals surface area contributed by atoms with Gasteiger partial charge in [-0.05, 0) is 46.2 Å². The summed E-state index contributed by atoms with van der Waals surface area (Å²) in [5, 5.41) is 17.7. The number of fused-ring (bicyclic) bond motifs is 2. The lowest BCUT2D eigenvalue weighted by molar-refractivity contribution is -0.201. The van der Waals surface area contributed by atoms with E-state index in [0.29, 0.717) is 0 Å². The molecule has 4 heterocycles. The first-order valence-corrected chi connectivity index (χ1v) is 13.8. The fourth-order valence-corrected chi connectivity index (χ4v) is 4.88. The smallest absolute Gasteiger partial charge is 0.413 e. The summed E-state index contributed by atoms with van der Waals surface area (Å²) in [5.74, 6) is -3.42. The molecular formula is C22H31ClN7O9P. The van der Waals surface area contributed by atoms with Crippen LogP contribution in [0.3, 0.4) is 0 Å². The number of carbonyl (C=O) groups excluding carboxylic acids is 1. The number of aromatic nitrogens is 4. The van der Waals surface area contributed by atoms with Crippen LogP contribution in [0.1, 0.15) is 47.8 Å². The zero-order valence-electron chi connectivity index (χ0n) is 22.5. The number of rotatable bonds is 7. The van der Waals surface area contributed by atoms with Crippen LogP contribution < -0.4 is 5.32 Å². The van der Waals surface area contributed by atoms with Crippen LogP contribution in [0.4, 0.5) is 10.6 Å². The molecule has 5 unspecified atom stereocenters. The second kappa shape index (κ2) is 11.4. The van der Waals surface area contributed by atoms with E-state index in [-0.39, 0.29) is 34.8 Å². The third kappa shape index (κ3) is 6.83. The number of imidazole rings is 1. The summed E-state index contributed by atoms with van der Waals surface area (Å²) in [6.45, 7) is 9.68. The number of anilines is 1. The molecule has 0 aromatic carbocycles. The van der Waals surface area contributed by atoms with Crippen molar-refractivity contribution in [3.05, 3.63) is 11.6 Å².